The lowest BCUT2D eigenvalue weighted by Gasteiger charge is -2.12. The Morgan fingerprint density at radius 2 is 1.63 bits per heavy atom. The summed E-state index contributed by atoms with van der Waals surface area (Å²) in [6, 6.07) is 21.4. The molecule has 9 nitrogen and oxygen atoms in total. The molecular weight excluding hydrogens is 470 g/mol. The number of ether oxygens (including phenoxy) is 2. The average molecular weight is 496 g/mol. The molecule has 0 atom stereocenters. The largest absolute Gasteiger partial charge is 0.495 e. The predicted octanol–water partition coefficient (Wildman–Crippen LogP) is 2.51. The van der Waals surface area contributed by atoms with Crippen LogP contribution in [0.15, 0.2) is 83.8 Å². The van der Waals surface area contributed by atoms with E-state index >= 15 is 0 Å². The zero-order valence-corrected chi connectivity index (χ0v) is 20.0. The quantitative estimate of drug-likeness (QED) is 0.310. The molecule has 0 aromatic heterocycles. The van der Waals surface area contributed by atoms with Crippen molar-refractivity contribution in [3.05, 3.63) is 84.4 Å². The Kier molecular flexibility index (Phi) is 8.60. The summed E-state index contributed by atoms with van der Waals surface area (Å²) in [6.07, 6.45) is 2.56. The summed E-state index contributed by atoms with van der Waals surface area (Å²) in [5.74, 6) is -0.465. The Bertz CT molecular complexity index is 1320. The molecule has 0 unspecified atom stereocenters. The summed E-state index contributed by atoms with van der Waals surface area (Å²) in [6.45, 7) is -0.308. The average Bonchev–Trinajstić information content (AvgIpc) is 2.90. The van der Waals surface area contributed by atoms with Crippen LogP contribution in [0, 0.1) is 0 Å². The van der Waals surface area contributed by atoms with E-state index in [-0.39, 0.29) is 17.3 Å². The van der Waals surface area contributed by atoms with Crippen LogP contribution in [0.5, 0.6) is 11.5 Å². The number of sulfonamides is 1. The van der Waals surface area contributed by atoms with Crippen molar-refractivity contribution in [1.82, 2.24) is 15.6 Å². The maximum atomic E-state index is 12.2. The molecule has 0 aliphatic heterocycles. The van der Waals surface area contributed by atoms with Crippen LogP contribution in [0.4, 0.5) is 0 Å². The van der Waals surface area contributed by atoms with Gasteiger partial charge in [-0.2, -0.15) is 0 Å². The van der Waals surface area contributed by atoms with Gasteiger partial charge in [0.2, 0.25) is 10.0 Å². The molecule has 3 N–H and O–H groups in total. The third-order valence-electron chi connectivity index (χ3n) is 4.83. The Labute approximate surface area is 203 Å². The first-order valence-electron chi connectivity index (χ1n) is 10.5. The number of carbonyl (C=O) groups is 2. The molecule has 0 spiro atoms. The van der Waals surface area contributed by atoms with Gasteiger partial charge in [-0.25, -0.2) is 13.1 Å². The molecule has 3 aromatic rings. The molecule has 2 amide bonds. The number of methoxy groups -OCH3 is 1. The molecule has 0 fully saturated rings. The van der Waals surface area contributed by atoms with E-state index in [1.54, 1.807) is 18.2 Å². The minimum atomic E-state index is -3.75. The highest BCUT2D eigenvalue weighted by atomic mass is 32.2. The summed E-state index contributed by atoms with van der Waals surface area (Å²) in [7, 11) is -1.10. The van der Waals surface area contributed by atoms with E-state index in [9.17, 15) is 18.0 Å². The highest BCUT2D eigenvalue weighted by Crippen LogP contribution is 2.29. The zero-order chi connectivity index (χ0) is 25.3. The number of hydrogen-bond donors (Lipinski definition) is 3. The molecule has 0 aliphatic carbocycles. The normalized spacial score (nSPS) is 11.1. The van der Waals surface area contributed by atoms with E-state index in [0.29, 0.717) is 11.3 Å². The number of amides is 2. The Morgan fingerprint density at radius 3 is 2.34 bits per heavy atom. The summed E-state index contributed by atoms with van der Waals surface area (Å²) in [4.78, 5) is 24.2. The number of hydrogen-bond acceptors (Lipinski definition) is 6. The minimum absolute atomic E-state index is 0.0636. The van der Waals surface area contributed by atoms with Gasteiger partial charge < -0.3 is 9.47 Å². The number of benzene rings is 3. The number of para-hydroxylation sites is 1. The van der Waals surface area contributed by atoms with Crippen molar-refractivity contribution >= 4 is 27.9 Å². The Hall–Kier alpha value is -4.15. The van der Waals surface area contributed by atoms with Crippen LogP contribution in [0.3, 0.4) is 0 Å². The van der Waals surface area contributed by atoms with E-state index in [0.717, 1.165) is 17.2 Å². The van der Waals surface area contributed by atoms with E-state index in [1.807, 2.05) is 42.5 Å². The molecule has 182 valence electrons. The fraction of sp³-hybridized carbons (Fsp3) is 0.120. The third-order valence-corrected chi connectivity index (χ3v) is 6.26. The van der Waals surface area contributed by atoms with Crippen LogP contribution < -0.4 is 25.0 Å². The number of hydrazine groups is 1. The van der Waals surface area contributed by atoms with Gasteiger partial charge in [-0.15, -0.1) is 0 Å². The first kappa shape index (κ1) is 25.5. The van der Waals surface area contributed by atoms with Gasteiger partial charge in [0.25, 0.3) is 11.8 Å². The number of nitrogens with one attached hydrogen (secondary N) is 3. The van der Waals surface area contributed by atoms with Gasteiger partial charge >= 0.3 is 0 Å². The van der Waals surface area contributed by atoms with Crippen molar-refractivity contribution in [3.8, 4) is 22.6 Å². The van der Waals surface area contributed by atoms with Crippen LogP contribution in [0.1, 0.15) is 5.56 Å². The predicted molar refractivity (Wildman–Crippen MR) is 132 cm³/mol. The number of rotatable bonds is 9. The highest BCUT2D eigenvalue weighted by molar-refractivity contribution is 7.89. The lowest BCUT2D eigenvalue weighted by Crippen LogP contribution is -2.43. The molecular formula is C25H25N3O6S. The van der Waals surface area contributed by atoms with Crippen molar-refractivity contribution < 1.29 is 27.5 Å². The van der Waals surface area contributed by atoms with Crippen LogP contribution in [-0.2, 0) is 19.6 Å². The summed E-state index contributed by atoms with van der Waals surface area (Å²) < 4.78 is 37.3. The second-order valence-corrected chi connectivity index (χ2v) is 8.99. The van der Waals surface area contributed by atoms with Crippen molar-refractivity contribution in [1.29, 1.82) is 0 Å². The second-order valence-electron chi connectivity index (χ2n) is 7.14. The monoisotopic (exact) mass is 495 g/mol. The highest BCUT2D eigenvalue weighted by Gasteiger charge is 2.17. The molecule has 0 bridgehead atoms. The fourth-order valence-electron chi connectivity index (χ4n) is 3.09. The van der Waals surface area contributed by atoms with E-state index < -0.39 is 21.8 Å². The van der Waals surface area contributed by atoms with Gasteiger partial charge in [-0.3, -0.25) is 20.4 Å². The summed E-state index contributed by atoms with van der Waals surface area (Å²) >= 11 is 0. The molecule has 10 heteroatoms. The van der Waals surface area contributed by atoms with Crippen molar-refractivity contribution in [2.75, 3.05) is 20.8 Å². The molecule has 3 rings (SSSR count). The SMILES string of the molecule is CNS(=O)(=O)c1cc(/C=C/C(=O)NNC(=O)COc2ccccc2-c2ccccc2)ccc1OC. The molecule has 35 heavy (non-hydrogen) atoms. The Morgan fingerprint density at radius 1 is 0.914 bits per heavy atom. The first-order valence-corrected chi connectivity index (χ1v) is 12.0. The van der Waals surface area contributed by atoms with Gasteiger partial charge in [0.05, 0.1) is 7.11 Å². The van der Waals surface area contributed by atoms with Crippen LogP contribution >= 0.6 is 0 Å². The molecule has 0 radical (unpaired) electrons. The van der Waals surface area contributed by atoms with Gasteiger partial charge in [-0.1, -0.05) is 54.6 Å². The van der Waals surface area contributed by atoms with Crippen molar-refractivity contribution in [3.63, 3.8) is 0 Å². The summed E-state index contributed by atoms with van der Waals surface area (Å²) in [5, 5.41) is 0. The van der Waals surface area contributed by atoms with E-state index in [2.05, 4.69) is 15.6 Å². The lowest BCUT2D eigenvalue weighted by atomic mass is 10.1. The number of carbonyl (C=O) groups excluding carboxylic acids is 2. The minimum Gasteiger partial charge on any atom is -0.495 e. The molecule has 0 heterocycles. The van der Waals surface area contributed by atoms with Crippen molar-refractivity contribution in [2.24, 2.45) is 0 Å². The first-order chi connectivity index (χ1) is 16.8. The Balaban J connectivity index is 1.56. The fourth-order valence-corrected chi connectivity index (χ4v) is 4.02. The van der Waals surface area contributed by atoms with Gasteiger partial charge in [-0.05, 0) is 42.4 Å². The molecule has 0 saturated heterocycles. The van der Waals surface area contributed by atoms with E-state index in [4.69, 9.17) is 9.47 Å². The van der Waals surface area contributed by atoms with E-state index in [1.165, 1.54) is 32.4 Å². The van der Waals surface area contributed by atoms with Crippen LogP contribution in [0.25, 0.3) is 17.2 Å². The topological polar surface area (TPSA) is 123 Å². The smallest absolute Gasteiger partial charge is 0.276 e. The summed E-state index contributed by atoms with van der Waals surface area (Å²) in [5.41, 5.74) is 6.76. The zero-order valence-electron chi connectivity index (χ0n) is 19.1. The van der Waals surface area contributed by atoms with Crippen LogP contribution in [-0.4, -0.2) is 41.0 Å². The van der Waals surface area contributed by atoms with Gasteiger partial charge in [0.1, 0.15) is 16.4 Å². The maximum Gasteiger partial charge on any atom is 0.276 e. The maximum absolute atomic E-state index is 12.2. The van der Waals surface area contributed by atoms with Gasteiger partial charge in [0.15, 0.2) is 6.61 Å². The van der Waals surface area contributed by atoms with Gasteiger partial charge in [0, 0.05) is 11.6 Å². The third kappa shape index (κ3) is 6.92. The molecule has 3 aromatic carbocycles. The van der Waals surface area contributed by atoms with Crippen LogP contribution in [0.2, 0.25) is 0 Å². The molecule has 0 aliphatic rings. The second kappa shape index (κ2) is 11.8. The molecule has 0 saturated carbocycles. The van der Waals surface area contributed by atoms with Crippen molar-refractivity contribution in [2.45, 2.75) is 4.90 Å². The standard InChI is InChI=1S/C25H25N3O6S/c1-26-35(31,32)23-16-18(12-14-22(23)33-2)13-15-24(29)27-28-25(30)17-34-21-11-7-6-10-20(21)19-8-4-3-5-9-19/h3-16,26H,17H2,1-2H3,(H,27,29)(H,28,30)/b15-13+. The lowest BCUT2D eigenvalue weighted by molar-refractivity contribution is -0.128.